The molecule has 1 atom stereocenters. The maximum absolute atomic E-state index is 6.17. The number of hydrogen-bond acceptors (Lipinski definition) is 3. The fourth-order valence-corrected chi connectivity index (χ4v) is 2.98. The van der Waals surface area contributed by atoms with Gasteiger partial charge in [-0.05, 0) is 50.4 Å². The lowest BCUT2D eigenvalue weighted by Crippen LogP contribution is -2.41. The lowest BCUT2D eigenvalue weighted by Gasteiger charge is -2.36. The summed E-state index contributed by atoms with van der Waals surface area (Å²) in [5.74, 6) is -0.467. The summed E-state index contributed by atoms with van der Waals surface area (Å²) in [4.78, 5) is 0. The lowest BCUT2D eigenvalue weighted by atomic mass is 10.1. The zero-order chi connectivity index (χ0) is 15.6. The summed E-state index contributed by atoms with van der Waals surface area (Å²) in [7, 11) is -1.62. The Morgan fingerprint density at radius 2 is 1.95 bits per heavy atom. The molecule has 0 amide bonds. The standard InChI is InChI=1S/C16H32O3Si/c1-13(14-12-17-16(5,6)19-14)10-9-11-18-20(7,8)15(2,3)4/h14H,1,9-12H2,2-8H3/t14-/m1/s1. The molecule has 0 aromatic heterocycles. The smallest absolute Gasteiger partial charge is 0.191 e. The largest absolute Gasteiger partial charge is 0.417 e. The molecule has 0 N–H and O–H groups in total. The molecular formula is C16H32O3Si. The molecule has 0 unspecified atom stereocenters. The van der Waals surface area contributed by atoms with Crippen LogP contribution in [0.4, 0.5) is 0 Å². The first-order chi connectivity index (χ1) is 8.95. The van der Waals surface area contributed by atoms with Crippen LogP contribution in [-0.2, 0) is 13.9 Å². The minimum atomic E-state index is -1.62. The average Bonchev–Trinajstić information content (AvgIpc) is 2.63. The zero-order valence-corrected chi connectivity index (χ0v) is 15.3. The maximum Gasteiger partial charge on any atom is 0.191 e. The van der Waals surface area contributed by atoms with E-state index in [1.807, 2.05) is 13.8 Å². The van der Waals surface area contributed by atoms with Crippen molar-refractivity contribution in [2.45, 2.75) is 77.5 Å². The number of hydrogen-bond donors (Lipinski definition) is 0. The van der Waals surface area contributed by atoms with Crippen LogP contribution in [0.25, 0.3) is 0 Å². The van der Waals surface area contributed by atoms with Crippen molar-refractivity contribution < 1.29 is 13.9 Å². The Hall–Kier alpha value is -0.163. The van der Waals surface area contributed by atoms with Crippen LogP contribution in [0.1, 0.15) is 47.5 Å². The van der Waals surface area contributed by atoms with E-state index >= 15 is 0 Å². The summed E-state index contributed by atoms with van der Waals surface area (Å²) in [6.07, 6.45) is 1.99. The van der Waals surface area contributed by atoms with Gasteiger partial charge in [-0.1, -0.05) is 27.4 Å². The molecule has 1 saturated heterocycles. The van der Waals surface area contributed by atoms with Gasteiger partial charge in [0.1, 0.15) is 6.10 Å². The first-order valence-electron chi connectivity index (χ1n) is 7.58. The van der Waals surface area contributed by atoms with Gasteiger partial charge in [0.2, 0.25) is 0 Å². The van der Waals surface area contributed by atoms with Crippen LogP contribution in [0.15, 0.2) is 12.2 Å². The summed E-state index contributed by atoms with van der Waals surface area (Å²) in [5.41, 5.74) is 1.12. The molecule has 0 aromatic carbocycles. The summed E-state index contributed by atoms with van der Waals surface area (Å²) in [6.45, 7) is 20.8. The molecule has 20 heavy (non-hydrogen) atoms. The normalized spacial score (nSPS) is 23.1. The molecule has 3 nitrogen and oxygen atoms in total. The second-order valence-corrected chi connectivity index (χ2v) is 12.5. The quantitative estimate of drug-likeness (QED) is 0.411. The van der Waals surface area contributed by atoms with Crippen molar-refractivity contribution in [2.24, 2.45) is 0 Å². The van der Waals surface area contributed by atoms with E-state index in [-0.39, 0.29) is 11.1 Å². The van der Waals surface area contributed by atoms with Gasteiger partial charge in [-0.2, -0.15) is 0 Å². The van der Waals surface area contributed by atoms with Gasteiger partial charge >= 0.3 is 0 Å². The van der Waals surface area contributed by atoms with Crippen LogP contribution >= 0.6 is 0 Å². The van der Waals surface area contributed by atoms with Crippen molar-refractivity contribution >= 4 is 8.32 Å². The topological polar surface area (TPSA) is 27.7 Å². The Morgan fingerprint density at radius 3 is 2.40 bits per heavy atom. The first kappa shape index (κ1) is 17.9. The van der Waals surface area contributed by atoms with Gasteiger partial charge in [0.05, 0.1) is 6.61 Å². The Morgan fingerprint density at radius 1 is 1.35 bits per heavy atom. The molecule has 1 aliphatic heterocycles. The highest BCUT2D eigenvalue weighted by molar-refractivity contribution is 6.74. The van der Waals surface area contributed by atoms with Crippen molar-refractivity contribution in [3.05, 3.63) is 12.2 Å². The highest BCUT2D eigenvalue weighted by Gasteiger charge is 2.37. The van der Waals surface area contributed by atoms with E-state index in [9.17, 15) is 0 Å². The van der Waals surface area contributed by atoms with Gasteiger partial charge in [0, 0.05) is 6.61 Å². The summed E-state index contributed by atoms with van der Waals surface area (Å²) >= 11 is 0. The molecular weight excluding hydrogens is 268 g/mol. The minimum absolute atomic E-state index is 0.0397. The number of ether oxygens (including phenoxy) is 2. The van der Waals surface area contributed by atoms with Crippen LogP contribution in [0.5, 0.6) is 0 Å². The van der Waals surface area contributed by atoms with E-state index in [0.717, 1.165) is 25.0 Å². The monoisotopic (exact) mass is 300 g/mol. The van der Waals surface area contributed by atoms with Crippen LogP contribution in [-0.4, -0.2) is 33.4 Å². The number of rotatable bonds is 6. The van der Waals surface area contributed by atoms with E-state index in [2.05, 4.69) is 40.4 Å². The SMILES string of the molecule is C=C(CCCO[Si](C)(C)C(C)(C)C)[C@H]1COC(C)(C)O1. The molecule has 118 valence electrons. The van der Waals surface area contributed by atoms with Crippen molar-refractivity contribution in [1.29, 1.82) is 0 Å². The highest BCUT2D eigenvalue weighted by atomic mass is 28.4. The molecule has 1 aliphatic rings. The average molecular weight is 301 g/mol. The van der Waals surface area contributed by atoms with Crippen LogP contribution in [0.2, 0.25) is 18.1 Å². The van der Waals surface area contributed by atoms with Crippen LogP contribution < -0.4 is 0 Å². The third-order valence-electron chi connectivity index (χ3n) is 4.38. The predicted molar refractivity (Wildman–Crippen MR) is 86.4 cm³/mol. The Kier molecular flexibility index (Phi) is 5.64. The molecule has 1 fully saturated rings. The molecule has 0 radical (unpaired) electrons. The van der Waals surface area contributed by atoms with Gasteiger partial charge in [0.15, 0.2) is 14.1 Å². The van der Waals surface area contributed by atoms with E-state index in [1.54, 1.807) is 0 Å². The van der Waals surface area contributed by atoms with Gasteiger partial charge in [0.25, 0.3) is 0 Å². The summed E-state index contributed by atoms with van der Waals surface area (Å²) in [6, 6.07) is 0. The van der Waals surface area contributed by atoms with Gasteiger partial charge < -0.3 is 13.9 Å². The Bertz CT molecular complexity index is 342. The molecule has 0 bridgehead atoms. The molecule has 0 spiro atoms. The van der Waals surface area contributed by atoms with E-state index in [0.29, 0.717) is 6.61 Å². The molecule has 1 rings (SSSR count). The van der Waals surface area contributed by atoms with Crippen molar-refractivity contribution in [1.82, 2.24) is 0 Å². The van der Waals surface area contributed by atoms with Crippen molar-refractivity contribution in [2.75, 3.05) is 13.2 Å². The van der Waals surface area contributed by atoms with E-state index in [4.69, 9.17) is 13.9 Å². The summed E-state index contributed by atoms with van der Waals surface area (Å²) < 4.78 is 17.6. The third-order valence-corrected chi connectivity index (χ3v) is 8.91. The van der Waals surface area contributed by atoms with Gasteiger partial charge in [-0.25, -0.2) is 0 Å². The maximum atomic E-state index is 6.17. The zero-order valence-electron chi connectivity index (χ0n) is 14.3. The molecule has 0 aliphatic carbocycles. The fourth-order valence-electron chi connectivity index (χ4n) is 1.89. The highest BCUT2D eigenvalue weighted by Crippen LogP contribution is 2.36. The predicted octanol–water partition coefficient (Wildman–Crippen LogP) is 4.50. The second-order valence-electron chi connectivity index (χ2n) is 7.69. The fraction of sp³-hybridized carbons (Fsp3) is 0.875. The lowest BCUT2D eigenvalue weighted by molar-refractivity contribution is -0.134. The van der Waals surface area contributed by atoms with Gasteiger partial charge in [-0.15, -0.1) is 0 Å². The Labute approximate surface area is 125 Å². The van der Waals surface area contributed by atoms with Gasteiger partial charge in [-0.3, -0.25) is 0 Å². The Balaban J connectivity index is 2.27. The first-order valence-corrected chi connectivity index (χ1v) is 10.5. The van der Waals surface area contributed by atoms with Crippen molar-refractivity contribution in [3.8, 4) is 0 Å². The molecule has 0 saturated carbocycles. The van der Waals surface area contributed by atoms with E-state index in [1.165, 1.54) is 0 Å². The molecule has 0 aromatic rings. The third kappa shape index (κ3) is 4.99. The second kappa shape index (κ2) is 6.30. The van der Waals surface area contributed by atoms with E-state index < -0.39 is 14.1 Å². The molecule has 1 heterocycles. The molecule has 4 heteroatoms. The van der Waals surface area contributed by atoms with Crippen LogP contribution in [0, 0.1) is 0 Å². The van der Waals surface area contributed by atoms with Crippen LogP contribution in [0.3, 0.4) is 0 Å². The minimum Gasteiger partial charge on any atom is -0.417 e. The summed E-state index contributed by atoms with van der Waals surface area (Å²) in [5, 5.41) is 0.274. The van der Waals surface area contributed by atoms with Crippen molar-refractivity contribution in [3.63, 3.8) is 0 Å².